The van der Waals surface area contributed by atoms with Crippen LogP contribution in [0.5, 0.6) is 0 Å². The van der Waals surface area contributed by atoms with Gasteiger partial charge in [0.1, 0.15) is 11.9 Å². The molecule has 1 amide bonds. The number of nitrogen functional groups attached to an aromatic ring is 1. The zero-order valence-corrected chi connectivity index (χ0v) is 18.2. The second-order valence-electron chi connectivity index (χ2n) is 8.53. The number of nitrogens with zero attached hydrogens (tertiary/aromatic N) is 4. The Labute approximate surface area is 188 Å². The van der Waals surface area contributed by atoms with Gasteiger partial charge in [-0.1, -0.05) is 36.4 Å². The SMILES string of the molecule is Nc1nc(N2CCCN(C(=O)C3CCCCO3)CC2)nc2cc(-c3ccccc3)ccc12. The van der Waals surface area contributed by atoms with E-state index in [0.29, 0.717) is 31.5 Å². The van der Waals surface area contributed by atoms with E-state index in [1.165, 1.54) is 0 Å². The van der Waals surface area contributed by atoms with Crippen molar-refractivity contribution in [3.05, 3.63) is 48.5 Å². The molecule has 2 saturated heterocycles. The predicted octanol–water partition coefficient (Wildman–Crippen LogP) is 3.49. The predicted molar refractivity (Wildman–Crippen MR) is 126 cm³/mol. The second kappa shape index (κ2) is 9.12. The van der Waals surface area contributed by atoms with Gasteiger partial charge in [0.15, 0.2) is 0 Å². The van der Waals surface area contributed by atoms with Crippen molar-refractivity contribution >= 4 is 28.6 Å². The minimum atomic E-state index is -0.278. The maximum atomic E-state index is 12.9. The molecule has 5 rings (SSSR count). The van der Waals surface area contributed by atoms with Crippen LogP contribution in [0.25, 0.3) is 22.0 Å². The molecular formula is C25H29N5O2. The van der Waals surface area contributed by atoms with Gasteiger partial charge in [-0.05, 0) is 48.9 Å². The molecule has 2 aromatic carbocycles. The number of hydrogen-bond acceptors (Lipinski definition) is 6. The number of fused-ring (bicyclic) bond motifs is 1. The normalized spacial score (nSPS) is 19.7. The largest absolute Gasteiger partial charge is 0.383 e. The third-order valence-electron chi connectivity index (χ3n) is 6.37. The lowest BCUT2D eigenvalue weighted by atomic mass is 10.0. The fourth-order valence-corrected chi connectivity index (χ4v) is 4.57. The maximum Gasteiger partial charge on any atom is 0.251 e. The average molecular weight is 432 g/mol. The summed E-state index contributed by atoms with van der Waals surface area (Å²) >= 11 is 0. The van der Waals surface area contributed by atoms with E-state index >= 15 is 0 Å². The molecule has 7 nitrogen and oxygen atoms in total. The van der Waals surface area contributed by atoms with Crippen molar-refractivity contribution in [2.75, 3.05) is 43.4 Å². The molecule has 0 aliphatic carbocycles. The van der Waals surface area contributed by atoms with Gasteiger partial charge in [-0.2, -0.15) is 4.98 Å². The van der Waals surface area contributed by atoms with E-state index in [-0.39, 0.29) is 12.0 Å². The lowest BCUT2D eigenvalue weighted by Crippen LogP contribution is -2.43. The molecule has 2 aliphatic rings. The molecule has 7 heteroatoms. The van der Waals surface area contributed by atoms with Crippen molar-refractivity contribution in [3.8, 4) is 11.1 Å². The minimum Gasteiger partial charge on any atom is -0.383 e. The van der Waals surface area contributed by atoms with Gasteiger partial charge in [-0.3, -0.25) is 4.79 Å². The number of rotatable bonds is 3. The number of anilines is 2. The molecule has 0 radical (unpaired) electrons. The van der Waals surface area contributed by atoms with Crippen LogP contribution >= 0.6 is 0 Å². The number of carbonyl (C=O) groups excluding carboxylic acids is 1. The van der Waals surface area contributed by atoms with E-state index in [2.05, 4.69) is 34.1 Å². The molecule has 2 fully saturated rings. The first-order valence-electron chi connectivity index (χ1n) is 11.5. The number of amides is 1. The van der Waals surface area contributed by atoms with Crippen molar-refractivity contribution in [2.24, 2.45) is 0 Å². The van der Waals surface area contributed by atoms with Crippen molar-refractivity contribution in [3.63, 3.8) is 0 Å². The van der Waals surface area contributed by atoms with Crippen LogP contribution < -0.4 is 10.6 Å². The molecule has 0 bridgehead atoms. The van der Waals surface area contributed by atoms with Crippen molar-refractivity contribution in [1.82, 2.24) is 14.9 Å². The molecule has 2 aliphatic heterocycles. The number of hydrogen-bond donors (Lipinski definition) is 1. The first kappa shape index (κ1) is 20.7. The summed E-state index contributed by atoms with van der Waals surface area (Å²) in [6.45, 7) is 3.53. The molecular weight excluding hydrogens is 402 g/mol. The highest BCUT2D eigenvalue weighted by Gasteiger charge is 2.28. The molecule has 32 heavy (non-hydrogen) atoms. The standard InChI is InChI=1S/C25H29N5O2/c26-23-20-11-10-19(18-7-2-1-3-8-18)17-21(20)27-25(28-23)30-13-6-12-29(14-15-30)24(31)22-9-4-5-16-32-22/h1-3,7-8,10-11,17,22H,4-6,9,12-16H2,(H2,26,27,28). The van der Waals surface area contributed by atoms with Gasteiger partial charge >= 0.3 is 0 Å². The third kappa shape index (κ3) is 4.25. The highest BCUT2D eigenvalue weighted by Crippen LogP contribution is 2.28. The van der Waals surface area contributed by atoms with Crippen LogP contribution in [-0.4, -0.2) is 59.7 Å². The molecule has 0 saturated carbocycles. The topological polar surface area (TPSA) is 84.6 Å². The molecule has 166 valence electrons. The quantitative estimate of drug-likeness (QED) is 0.683. The number of benzene rings is 2. The monoisotopic (exact) mass is 431 g/mol. The lowest BCUT2D eigenvalue weighted by Gasteiger charge is -2.28. The molecule has 0 spiro atoms. The van der Waals surface area contributed by atoms with Crippen LogP contribution in [0.15, 0.2) is 48.5 Å². The number of ether oxygens (including phenoxy) is 1. The Morgan fingerprint density at radius 1 is 0.938 bits per heavy atom. The smallest absolute Gasteiger partial charge is 0.251 e. The van der Waals surface area contributed by atoms with E-state index in [4.69, 9.17) is 15.5 Å². The van der Waals surface area contributed by atoms with Gasteiger partial charge in [0.05, 0.1) is 5.52 Å². The van der Waals surface area contributed by atoms with Crippen LogP contribution in [0.4, 0.5) is 11.8 Å². The number of aromatic nitrogens is 2. The van der Waals surface area contributed by atoms with E-state index in [1.54, 1.807) is 0 Å². The molecule has 1 unspecified atom stereocenters. The van der Waals surface area contributed by atoms with Crippen LogP contribution in [0.3, 0.4) is 0 Å². The fraction of sp³-hybridized carbons (Fsp3) is 0.400. The van der Waals surface area contributed by atoms with Crippen molar-refractivity contribution in [1.29, 1.82) is 0 Å². The zero-order valence-electron chi connectivity index (χ0n) is 18.2. The zero-order chi connectivity index (χ0) is 21.9. The Hall–Kier alpha value is -3.19. The van der Waals surface area contributed by atoms with Crippen LogP contribution in [0.1, 0.15) is 25.7 Å². The molecule has 2 N–H and O–H groups in total. The summed E-state index contributed by atoms with van der Waals surface area (Å²) in [7, 11) is 0. The molecule has 3 heterocycles. The second-order valence-corrected chi connectivity index (χ2v) is 8.53. The van der Waals surface area contributed by atoms with Gasteiger partial charge in [-0.15, -0.1) is 0 Å². The molecule has 1 aromatic heterocycles. The fourth-order valence-electron chi connectivity index (χ4n) is 4.57. The summed E-state index contributed by atoms with van der Waals surface area (Å²) in [5.74, 6) is 1.24. The summed E-state index contributed by atoms with van der Waals surface area (Å²) < 4.78 is 5.71. The van der Waals surface area contributed by atoms with Gasteiger partial charge in [-0.25, -0.2) is 4.98 Å². The van der Waals surface area contributed by atoms with Crippen molar-refractivity contribution in [2.45, 2.75) is 31.8 Å². The van der Waals surface area contributed by atoms with Gasteiger partial charge < -0.3 is 20.3 Å². The summed E-state index contributed by atoms with van der Waals surface area (Å²) in [6, 6.07) is 16.4. The Bertz CT molecular complexity index is 1100. The summed E-state index contributed by atoms with van der Waals surface area (Å²) in [5.41, 5.74) is 9.38. The van der Waals surface area contributed by atoms with Crippen LogP contribution in [0, 0.1) is 0 Å². The summed E-state index contributed by atoms with van der Waals surface area (Å²) in [4.78, 5) is 26.4. The van der Waals surface area contributed by atoms with E-state index < -0.39 is 0 Å². The lowest BCUT2D eigenvalue weighted by molar-refractivity contribution is -0.146. The number of nitrogens with two attached hydrogens (primary N) is 1. The van der Waals surface area contributed by atoms with Gasteiger partial charge in [0.25, 0.3) is 5.91 Å². The average Bonchev–Trinajstić information content (AvgIpc) is 3.11. The molecule has 3 aromatic rings. The Morgan fingerprint density at radius 2 is 1.81 bits per heavy atom. The van der Waals surface area contributed by atoms with Crippen LogP contribution in [-0.2, 0) is 9.53 Å². The third-order valence-corrected chi connectivity index (χ3v) is 6.37. The Balaban J connectivity index is 1.36. The van der Waals surface area contributed by atoms with E-state index in [1.807, 2.05) is 29.2 Å². The Kier molecular flexibility index (Phi) is 5.90. The number of carbonyl (C=O) groups is 1. The Morgan fingerprint density at radius 3 is 2.62 bits per heavy atom. The minimum absolute atomic E-state index is 0.123. The van der Waals surface area contributed by atoms with Gasteiger partial charge in [0, 0.05) is 38.2 Å². The molecule has 1 atom stereocenters. The van der Waals surface area contributed by atoms with Gasteiger partial charge in [0.2, 0.25) is 5.95 Å². The summed E-state index contributed by atoms with van der Waals surface area (Å²) in [5, 5.41) is 0.856. The first-order chi connectivity index (χ1) is 15.7. The van der Waals surface area contributed by atoms with Crippen molar-refractivity contribution < 1.29 is 9.53 Å². The van der Waals surface area contributed by atoms with E-state index in [9.17, 15) is 4.79 Å². The maximum absolute atomic E-state index is 12.9. The highest BCUT2D eigenvalue weighted by atomic mass is 16.5. The van der Waals surface area contributed by atoms with Crippen LogP contribution in [0.2, 0.25) is 0 Å². The summed E-state index contributed by atoms with van der Waals surface area (Å²) in [6.07, 6.45) is 3.52. The first-order valence-corrected chi connectivity index (χ1v) is 11.5. The highest BCUT2D eigenvalue weighted by molar-refractivity contribution is 5.92. The van der Waals surface area contributed by atoms with E-state index in [0.717, 1.165) is 60.8 Å².